The zero-order chi connectivity index (χ0) is 12.2. The summed E-state index contributed by atoms with van der Waals surface area (Å²) in [5.74, 6) is 0. The molecule has 0 saturated carbocycles. The van der Waals surface area contributed by atoms with Crippen LogP contribution < -0.4 is 10.6 Å². The van der Waals surface area contributed by atoms with Crippen LogP contribution in [0.5, 0.6) is 0 Å². The van der Waals surface area contributed by atoms with Crippen molar-refractivity contribution in [2.45, 2.75) is 6.92 Å². The summed E-state index contributed by atoms with van der Waals surface area (Å²) < 4.78 is 13.4. The predicted molar refractivity (Wildman–Crippen MR) is 51.1 cm³/mol. The number of hydrogen-bond donors (Lipinski definition) is 2. The van der Waals surface area contributed by atoms with Crippen LogP contribution in [0.3, 0.4) is 0 Å². The molecule has 0 unspecified atom stereocenters. The summed E-state index contributed by atoms with van der Waals surface area (Å²) in [7, 11) is 0. The third-order valence-corrected chi connectivity index (χ3v) is 1.22. The van der Waals surface area contributed by atoms with Crippen molar-refractivity contribution in [3.63, 3.8) is 0 Å². The van der Waals surface area contributed by atoms with Crippen LogP contribution in [0.4, 0.5) is 9.59 Å². The van der Waals surface area contributed by atoms with E-state index in [0.29, 0.717) is 6.54 Å². The average Bonchev–Trinajstić information content (AvgIpc) is 2.25. The Bertz CT molecular complexity index is 263. The molecule has 0 aliphatic heterocycles. The first kappa shape index (κ1) is 13.8. The topological polar surface area (TPSA) is 110 Å². The van der Waals surface area contributed by atoms with Crippen LogP contribution in [0.25, 0.3) is 0 Å². The van der Waals surface area contributed by atoms with Crippen molar-refractivity contribution in [2.75, 3.05) is 26.5 Å². The number of alkyl carbamates (subject to hydrolysis) is 2. The van der Waals surface area contributed by atoms with Gasteiger partial charge in [0.1, 0.15) is 13.2 Å². The molecule has 8 heteroatoms. The lowest BCUT2D eigenvalue weighted by Gasteiger charge is -2.06. The molecule has 0 spiro atoms. The zero-order valence-corrected chi connectivity index (χ0v) is 8.82. The number of carbonyl (C=O) groups excluding carboxylic acids is 2. The number of ether oxygens (including phenoxy) is 3. The van der Waals surface area contributed by atoms with Crippen LogP contribution in [0.2, 0.25) is 0 Å². The molecule has 0 saturated heterocycles. The minimum atomic E-state index is -0.755. The lowest BCUT2D eigenvalue weighted by molar-refractivity contribution is 0.0908. The molecule has 0 fully saturated rings. The van der Waals surface area contributed by atoms with Crippen LogP contribution in [-0.2, 0) is 14.2 Å². The zero-order valence-electron chi connectivity index (χ0n) is 8.82. The minimum absolute atomic E-state index is 0.0433. The Labute approximate surface area is 92.4 Å². The maximum atomic E-state index is 10.8. The van der Waals surface area contributed by atoms with Gasteiger partial charge in [-0.25, -0.2) is 9.59 Å². The molecule has 16 heavy (non-hydrogen) atoms. The van der Waals surface area contributed by atoms with Gasteiger partial charge in [0, 0.05) is 6.54 Å². The van der Waals surface area contributed by atoms with Gasteiger partial charge >= 0.3 is 12.2 Å². The van der Waals surface area contributed by atoms with E-state index in [4.69, 9.17) is 5.26 Å². The first-order valence-corrected chi connectivity index (χ1v) is 4.52. The third-order valence-electron chi connectivity index (χ3n) is 1.22. The van der Waals surface area contributed by atoms with Crippen LogP contribution in [0.1, 0.15) is 6.92 Å². The average molecular weight is 231 g/mol. The van der Waals surface area contributed by atoms with Crippen molar-refractivity contribution >= 4 is 12.2 Å². The largest absolute Gasteiger partial charge is 0.446 e. The fourth-order valence-electron chi connectivity index (χ4n) is 0.642. The van der Waals surface area contributed by atoms with Gasteiger partial charge < -0.3 is 19.5 Å². The van der Waals surface area contributed by atoms with Crippen LogP contribution in [0.15, 0.2) is 0 Å². The van der Waals surface area contributed by atoms with E-state index in [0.717, 1.165) is 0 Å². The Morgan fingerprint density at radius 2 is 1.75 bits per heavy atom. The summed E-state index contributed by atoms with van der Waals surface area (Å²) in [6.07, 6.45) is 0.0465. The van der Waals surface area contributed by atoms with Gasteiger partial charge in [-0.3, -0.25) is 5.32 Å². The summed E-state index contributed by atoms with van der Waals surface area (Å²) in [4.78, 5) is 21.6. The first-order chi connectivity index (χ1) is 7.70. The lowest BCUT2D eigenvalue weighted by Crippen LogP contribution is -2.29. The molecule has 90 valence electrons. The van der Waals surface area contributed by atoms with Crippen molar-refractivity contribution in [2.24, 2.45) is 0 Å². The van der Waals surface area contributed by atoms with E-state index < -0.39 is 12.2 Å². The SMILES string of the molecule is CCNC(=O)OCCOC(=O)NCOC#N. The molecule has 0 radical (unpaired) electrons. The van der Waals surface area contributed by atoms with Gasteiger partial charge in [0.05, 0.1) is 0 Å². The van der Waals surface area contributed by atoms with Gasteiger partial charge in [0.15, 0.2) is 6.73 Å². The summed E-state index contributed by atoms with van der Waals surface area (Å²) in [5.41, 5.74) is 0. The highest BCUT2D eigenvalue weighted by atomic mass is 16.6. The van der Waals surface area contributed by atoms with Gasteiger partial charge in [0.2, 0.25) is 0 Å². The van der Waals surface area contributed by atoms with Crippen molar-refractivity contribution < 1.29 is 23.8 Å². The van der Waals surface area contributed by atoms with Crippen LogP contribution >= 0.6 is 0 Å². The molecule has 8 nitrogen and oxygen atoms in total. The highest BCUT2D eigenvalue weighted by Gasteiger charge is 2.02. The molecule has 0 aliphatic carbocycles. The number of amides is 2. The normalized spacial score (nSPS) is 8.50. The molecule has 0 aliphatic rings. The smallest absolute Gasteiger partial charge is 0.409 e. The molecule has 0 bridgehead atoms. The number of nitrogens with zero attached hydrogens (tertiary/aromatic N) is 1. The highest BCUT2D eigenvalue weighted by molar-refractivity contribution is 5.67. The number of carbonyl (C=O) groups is 2. The number of rotatable bonds is 6. The van der Waals surface area contributed by atoms with Gasteiger partial charge in [-0.05, 0) is 6.92 Å². The van der Waals surface area contributed by atoms with Crippen molar-refractivity contribution in [1.29, 1.82) is 5.26 Å². The standard InChI is InChI=1S/C8H13N3O5/c1-2-10-7(12)15-3-4-16-8(13)11-6-14-5-9/h2-4,6H2,1H3,(H,10,12)(H,11,13). The van der Waals surface area contributed by atoms with Crippen LogP contribution in [-0.4, -0.2) is 38.7 Å². The van der Waals surface area contributed by atoms with E-state index >= 15 is 0 Å². The van der Waals surface area contributed by atoms with Gasteiger partial charge in [-0.15, -0.1) is 0 Å². The second-order valence-electron chi connectivity index (χ2n) is 2.36. The number of nitrogens with one attached hydrogen (secondary N) is 2. The summed E-state index contributed by atoms with van der Waals surface area (Å²) in [5, 5.41) is 12.5. The highest BCUT2D eigenvalue weighted by Crippen LogP contribution is 1.82. The fraction of sp³-hybridized carbons (Fsp3) is 0.625. The Morgan fingerprint density at radius 3 is 2.25 bits per heavy atom. The monoisotopic (exact) mass is 231 g/mol. The Balaban J connectivity index is 3.34. The summed E-state index contributed by atoms with van der Waals surface area (Å²) >= 11 is 0. The molecular weight excluding hydrogens is 218 g/mol. The van der Waals surface area contributed by atoms with Crippen LogP contribution in [0, 0.1) is 11.5 Å². The van der Waals surface area contributed by atoms with E-state index in [1.54, 1.807) is 6.92 Å². The summed E-state index contributed by atoms with van der Waals surface area (Å²) in [6, 6.07) is 0. The van der Waals surface area contributed by atoms with E-state index in [9.17, 15) is 9.59 Å². The molecule has 0 atom stereocenters. The third kappa shape index (κ3) is 8.43. The maximum absolute atomic E-state index is 10.8. The number of hydrogen-bond acceptors (Lipinski definition) is 6. The molecule has 0 heterocycles. The Morgan fingerprint density at radius 1 is 1.19 bits per heavy atom. The second-order valence-corrected chi connectivity index (χ2v) is 2.36. The van der Waals surface area contributed by atoms with Crippen molar-refractivity contribution in [3.05, 3.63) is 0 Å². The second kappa shape index (κ2) is 9.39. The molecule has 0 aromatic carbocycles. The lowest BCUT2D eigenvalue weighted by atomic mass is 10.7. The van der Waals surface area contributed by atoms with Crippen molar-refractivity contribution in [3.8, 4) is 6.26 Å². The maximum Gasteiger partial charge on any atom is 0.409 e. The Hall–Kier alpha value is -2.17. The Kier molecular flexibility index (Phi) is 8.11. The first-order valence-electron chi connectivity index (χ1n) is 4.52. The molecule has 0 aromatic rings. The van der Waals surface area contributed by atoms with Gasteiger partial charge in [-0.1, -0.05) is 0 Å². The van der Waals surface area contributed by atoms with E-state index in [2.05, 4.69) is 24.8 Å². The molecule has 2 amide bonds. The molecule has 0 aromatic heterocycles. The van der Waals surface area contributed by atoms with E-state index in [1.165, 1.54) is 6.26 Å². The van der Waals surface area contributed by atoms with E-state index in [-0.39, 0.29) is 19.9 Å². The van der Waals surface area contributed by atoms with Gasteiger partial charge in [-0.2, -0.15) is 5.26 Å². The molecule has 2 N–H and O–H groups in total. The predicted octanol–water partition coefficient (Wildman–Crippen LogP) is -0.0861. The van der Waals surface area contributed by atoms with E-state index in [1.807, 2.05) is 0 Å². The fourth-order valence-corrected chi connectivity index (χ4v) is 0.642. The number of nitriles is 1. The summed E-state index contributed by atoms with van der Waals surface area (Å²) in [6.45, 7) is 1.84. The molecule has 0 rings (SSSR count). The van der Waals surface area contributed by atoms with Gasteiger partial charge in [0.25, 0.3) is 6.26 Å². The quantitative estimate of drug-likeness (QED) is 0.375. The minimum Gasteiger partial charge on any atom is -0.446 e. The molecular formula is C8H13N3O5. The van der Waals surface area contributed by atoms with Crippen molar-refractivity contribution in [1.82, 2.24) is 10.6 Å².